The van der Waals surface area contributed by atoms with Crippen molar-refractivity contribution < 1.29 is 9.90 Å². The third-order valence-electron chi connectivity index (χ3n) is 2.73. The first-order chi connectivity index (χ1) is 8.93. The molecule has 0 spiro atoms. The number of nitrogens with one attached hydrogen (secondary N) is 2. The van der Waals surface area contributed by atoms with Gasteiger partial charge in [0, 0.05) is 23.8 Å². The minimum Gasteiger partial charge on any atom is -0.390 e. The van der Waals surface area contributed by atoms with Crippen molar-refractivity contribution in [2.75, 3.05) is 23.1 Å². The second-order valence-corrected chi connectivity index (χ2v) is 5.17. The van der Waals surface area contributed by atoms with E-state index in [0.717, 1.165) is 16.9 Å². The Bertz CT molecular complexity index is 435. The fourth-order valence-corrected chi connectivity index (χ4v) is 1.59. The molecule has 106 valence electrons. The molecule has 0 fully saturated rings. The number of aliphatic hydroxyl groups excluding tert-OH is 1. The molecule has 4 nitrogen and oxygen atoms in total. The number of hydrogen-bond donors (Lipinski definition) is 3. The zero-order valence-corrected chi connectivity index (χ0v) is 12.3. The van der Waals surface area contributed by atoms with Gasteiger partial charge in [-0.25, -0.2) is 0 Å². The van der Waals surface area contributed by atoms with Crippen LogP contribution in [0.4, 0.5) is 11.4 Å². The fourth-order valence-electron chi connectivity index (χ4n) is 1.48. The summed E-state index contributed by atoms with van der Waals surface area (Å²) in [4.78, 5) is 11.6. The number of benzene rings is 1. The SMILES string of the molecule is Cc1cc(NCC(O)CCl)ccc1NC(=O)C(C)C. The minimum absolute atomic E-state index is 0.00127. The Balaban J connectivity index is 2.66. The van der Waals surface area contributed by atoms with Crippen LogP contribution in [-0.4, -0.2) is 29.5 Å². The number of anilines is 2. The minimum atomic E-state index is -0.567. The average Bonchev–Trinajstić information content (AvgIpc) is 2.38. The molecule has 0 aliphatic carbocycles. The van der Waals surface area contributed by atoms with Gasteiger partial charge < -0.3 is 15.7 Å². The number of carbonyl (C=O) groups excluding carboxylic acids is 1. The van der Waals surface area contributed by atoms with Crippen LogP contribution in [0.2, 0.25) is 0 Å². The van der Waals surface area contributed by atoms with Crippen LogP contribution in [0.15, 0.2) is 18.2 Å². The van der Waals surface area contributed by atoms with Crippen LogP contribution < -0.4 is 10.6 Å². The number of hydrogen-bond acceptors (Lipinski definition) is 3. The van der Waals surface area contributed by atoms with Crippen LogP contribution in [0.3, 0.4) is 0 Å². The molecule has 0 aromatic heterocycles. The van der Waals surface area contributed by atoms with Crippen molar-refractivity contribution in [2.24, 2.45) is 5.92 Å². The standard InChI is InChI=1S/C14H21ClN2O2/c1-9(2)14(19)17-13-5-4-11(6-10(13)3)16-8-12(18)7-15/h4-6,9,12,16,18H,7-8H2,1-3H3,(H,17,19). The number of rotatable bonds is 6. The van der Waals surface area contributed by atoms with Crippen molar-refractivity contribution in [3.63, 3.8) is 0 Å². The summed E-state index contributed by atoms with van der Waals surface area (Å²) in [6.45, 7) is 6.04. The summed E-state index contributed by atoms with van der Waals surface area (Å²) < 4.78 is 0. The Morgan fingerprint density at radius 1 is 1.42 bits per heavy atom. The topological polar surface area (TPSA) is 61.4 Å². The number of carbonyl (C=O) groups is 1. The zero-order valence-electron chi connectivity index (χ0n) is 11.5. The van der Waals surface area contributed by atoms with Gasteiger partial charge in [0.1, 0.15) is 0 Å². The summed E-state index contributed by atoms with van der Waals surface area (Å²) >= 11 is 5.52. The summed E-state index contributed by atoms with van der Waals surface area (Å²) in [7, 11) is 0. The quantitative estimate of drug-likeness (QED) is 0.704. The molecule has 1 unspecified atom stereocenters. The highest BCUT2D eigenvalue weighted by Gasteiger charge is 2.09. The Kier molecular flexibility index (Phi) is 6.12. The molecule has 1 rings (SSSR count). The van der Waals surface area contributed by atoms with Crippen molar-refractivity contribution in [3.8, 4) is 0 Å². The molecule has 0 aliphatic heterocycles. The maximum Gasteiger partial charge on any atom is 0.226 e. The van der Waals surface area contributed by atoms with E-state index in [4.69, 9.17) is 11.6 Å². The monoisotopic (exact) mass is 284 g/mol. The van der Waals surface area contributed by atoms with E-state index in [-0.39, 0.29) is 17.7 Å². The molecule has 1 aromatic carbocycles. The summed E-state index contributed by atoms with van der Waals surface area (Å²) in [6, 6.07) is 5.64. The van der Waals surface area contributed by atoms with Gasteiger partial charge in [0.25, 0.3) is 0 Å². The number of aryl methyl sites for hydroxylation is 1. The molecule has 3 N–H and O–H groups in total. The lowest BCUT2D eigenvalue weighted by Crippen LogP contribution is -2.21. The molecule has 19 heavy (non-hydrogen) atoms. The van der Waals surface area contributed by atoms with E-state index in [9.17, 15) is 9.90 Å². The predicted octanol–water partition coefficient (Wildman–Crippen LogP) is 2.60. The summed E-state index contributed by atoms with van der Waals surface area (Å²) in [6.07, 6.45) is -0.567. The summed E-state index contributed by atoms with van der Waals surface area (Å²) in [5.41, 5.74) is 2.67. The first kappa shape index (κ1) is 15.8. The van der Waals surface area contributed by atoms with Gasteiger partial charge >= 0.3 is 0 Å². The van der Waals surface area contributed by atoms with Gasteiger partial charge in [0.05, 0.1) is 12.0 Å². The molecule has 0 radical (unpaired) electrons. The molecule has 1 amide bonds. The van der Waals surface area contributed by atoms with Crippen molar-refractivity contribution in [1.29, 1.82) is 0 Å². The van der Waals surface area contributed by atoms with Gasteiger partial charge in [0.2, 0.25) is 5.91 Å². The lowest BCUT2D eigenvalue weighted by molar-refractivity contribution is -0.118. The maximum atomic E-state index is 11.6. The van der Waals surface area contributed by atoms with Gasteiger partial charge in [-0.15, -0.1) is 11.6 Å². The fraction of sp³-hybridized carbons (Fsp3) is 0.500. The molecule has 5 heteroatoms. The van der Waals surface area contributed by atoms with Crippen LogP contribution >= 0.6 is 11.6 Å². The first-order valence-corrected chi connectivity index (χ1v) is 6.87. The number of halogens is 1. The van der Waals surface area contributed by atoms with Crippen LogP contribution in [0.25, 0.3) is 0 Å². The Labute approximate surface area is 119 Å². The molecular weight excluding hydrogens is 264 g/mol. The third kappa shape index (κ3) is 5.09. The average molecular weight is 285 g/mol. The Morgan fingerprint density at radius 3 is 2.63 bits per heavy atom. The molecule has 1 atom stereocenters. The van der Waals surface area contributed by atoms with E-state index < -0.39 is 6.10 Å². The molecule has 0 aliphatic rings. The van der Waals surface area contributed by atoms with E-state index in [1.54, 1.807) is 0 Å². The lowest BCUT2D eigenvalue weighted by atomic mass is 10.1. The second-order valence-electron chi connectivity index (χ2n) is 4.86. The van der Waals surface area contributed by atoms with E-state index in [0.29, 0.717) is 6.54 Å². The Morgan fingerprint density at radius 2 is 2.11 bits per heavy atom. The molecule has 0 saturated carbocycles. The lowest BCUT2D eigenvalue weighted by Gasteiger charge is -2.14. The van der Waals surface area contributed by atoms with Crippen molar-refractivity contribution >= 4 is 28.9 Å². The van der Waals surface area contributed by atoms with Gasteiger partial charge in [-0.05, 0) is 30.7 Å². The van der Waals surface area contributed by atoms with Crippen LogP contribution in [0.5, 0.6) is 0 Å². The van der Waals surface area contributed by atoms with Gasteiger partial charge in [-0.3, -0.25) is 4.79 Å². The van der Waals surface area contributed by atoms with Crippen molar-refractivity contribution in [1.82, 2.24) is 0 Å². The largest absolute Gasteiger partial charge is 0.390 e. The molecular formula is C14H21ClN2O2. The molecule has 0 saturated heterocycles. The van der Waals surface area contributed by atoms with Crippen LogP contribution in [0, 0.1) is 12.8 Å². The number of amides is 1. The van der Waals surface area contributed by atoms with Crippen molar-refractivity contribution in [2.45, 2.75) is 26.9 Å². The molecule has 0 heterocycles. The van der Waals surface area contributed by atoms with E-state index in [1.165, 1.54) is 0 Å². The van der Waals surface area contributed by atoms with Gasteiger partial charge in [0.15, 0.2) is 0 Å². The zero-order chi connectivity index (χ0) is 14.4. The van der Waals surface area contributed by atoms with Gasteiger partial charge in [-0.2, -0.15) is 0 Å². The first-order valence-electron chi connectivity index (χ1n) is 6.33. The summed E-state index contributed by atoms with van der Waals surface area (Å²) in [5.74, 6) is 0.159. The van der Waals surface area contributed by atoms with E-state index in [2.05, 4.69) is 10.6 Å². The molecule has 0 bridgehead atoms. The third-order valence-corrected chi connectivity index (χ3v) is 3.08. The van der Waals surface area contributed by atoms with Crippen LogP contribution in [0.1, 0.15) is 19.4 Å². The maximum absolute atomic E-state index is 11.6. The smallest absolute Gasteiger partial charge is 0.226 e. The van der Waals surface area contributed by atoms with Crippen molar-refractivity contribution in [3.05, 3.63) is 23.8 Å². The number of aliphatic hydroxyl groups is 1. The van der Waals surface area contributed by atoms with Crippen LogP contribution in [-0.2, 0) is 4.79 Å². The van der Waals surface area contributed by atoms with E-state index in [1.807, 2.05) is 39.0 Å². The highest BCUT2D eigenvalue weighted by atomic mass is 35.5. The highest BCUT2D eigenvalue weighted by molar-refractivity contribution is 6.18. The normalized spacial score (nSPS) is 12.3. The van der Waals surface area contributed by atoms with Gasteiger partial charge in [-0.1, -0.05) is 13.8 Å². The van der Waals surface area contributed by atoms with E-state index >= 15 is 0 Å². The summed E-state index contributed by atoms with van der Waals surface area (Å²) in [5, 5.41) is 15.3. The second kappa shape index (κ2) is 7.36. The highest BCUT2D eigenvalue weighted by Crippen LogP contribution is 2.20. The predicted molar refractivity (Wildman–Crippen MR) is 79.9 cm³/mol. The Hall–Kier alpha value is -1.26. The molecule has 1 aromatic rings. The number of alkyl halides is 1.